The zero-order chi connectivity index (χ0) is 33.7. The molecular weight excluding hydrogens is 639 g/mol. The molecule has 0 saturated carbocycles. The molecule has 2 heterocycles. The summed E-state index contributed by atoms with van der Waals surface area (Å²) < 4.78 is 6.32. The van der Waals surface area contributed by atoms with Crippen molar-refractivity contribution in [3.05, 3.63) is 188 Å². The van der Waals surface area contributed by atoms with Crippen LogP contribution in [0.3, 0.4) is 0 Å². The van der Waals surface area contributed by atoms with Crippen LogP contribution in [0.25, 0.3) is 66.4 Å². The molecule has 0 fully saturated rings. The van der Waals surface area contributed by atoms with Gasteiger partial charge in [0.2, 0.25) is 0 Å². The van der Waals surface area contributed by atoms with Crippen molar-refractivity contribution >= 4 is 50.8 Å². The lowest BCUT2D eigenvalue weighted by Gasteiger charge is -2.33. The average molecular weight is 670 g/mol. The van der Waals surface area contributed by atoms with Crippen molar-refractivity contribution in [2.24, 2.45) is 0 Å². The lowest BCUT2D eigenvalue weighted by Crippen LogP contribution is -2.14. The highest BCUT2D eigenvalue weighted by Crippen LogP contribution is 2.52. The lowest BCUT2D eigenvalue weighted by atomic mass is 9.98. The van der Waals surface area contributed by atoms with E-state index >= 15 is 0 Å². The van der Waals surface area contributed by atoms with Crippen molar-refractivity contribution in [2.45, 2.75) is 9.79 Å². The van der Waals surface area contributed by atoms with Crippen LogP contribution in [0.2, 0.25) is 0 Å². The highest BCUT2D eigenvalue weighted by Gasteiger charge is 2.25. The minimum absolute atomic E-state index is 0.920. The molecule has 51 heavy (non-hydrogen) atoms. The molecule has 0 saturated heterocycles. The van der Waals surface area contributed by atoms with Crippen LogP contribution in [0.1, 0.15) is 0 Å². The Balaban J connectivity index is 0.954. The van der Waals surface area contributed by atoms with Gasteiger partial charge in [0.1, 0.15) is 11.2 Å². The first-order valence-corrected chi connectivity index (χ1v) is 18.1. The second-order valence-corrected chi connectivity index (χ2v) is 14.0. The predicted octanol–water partition coefficient (Wildman–Crippen LogP) is 14.2. The van der Waals surface area contributed by atoms with Gasteiger partial charge in [-0.05, 0) is 81.4 Å². The smallest absolute Gasteiger partial charge is 0.143 e. The van der Waals surface area contributed by atoms with E-state index in [0.29, 0.717) is 0 Å². The summed E-state index contributed by atoms with van der Waals surface area (Å²) in [4.78, 5) is 4.89. The summed E-state index contributed by atoms with van der Waals surface area (Å²) in [6.07, 6.45) is 0. The van der Waals surface area contributed by atoms with E-state index in [4.69, 9.17) is 4.42 Å². The maximum Gasteiger partial charge on any atom is 0.143 e. The van der Waals surface area contributed by atoms with Crippen molar-refractivity contribution in [3.63, 3.8) is 0 Å². The second-order valence-electron chi connectivity index (χ2n) is 12.9. The Bertz CT molecular complexity index is 2690. The molecule has 1 aliphatic heterocycles. The van der Waals surface area contributed by atoms with E-state index in [1.54, 1.807) is 0 Å². The van der Waals surface area contributed by atoms with E-state index in [1.165, 1.54) is 54.5 Å². The van der Waals surface area contributed by atoms with E-state index in [2.05, 4.69) is 181 Å². The molecule has 240 valence electrons. The molecule has 0 amide bonds. The van der Waals surface area contributed by atoms with Crippen LogP contribution in [-0.4, -0.2) is 0 Å². The highest BCUT2D eigenvalue weighted by atomic mass is 32.2. The van der Waals surface area contributed by atoms with Gasteiger partial charge < -0.3 is 9.32 Å². The van der Waals surface area contributed by atoms with Crippen LogP contribution in [0, 0.1) is 0 Å². The third-order valence-electron chi connectivity index (χ3n) is 9.91. The Hall–Kier alpha value is -6.29. The number of para-hydroxylation sites is 3. The first-order chi connectivity index (χ1) is 25.3. The number of rotatable bonds is 5. The van der Waals surface area contributed by atoms with Crippen molar-refractivity contribution in [1.29, 1.82) is 0 Å². The second kappa shape index (κ2) is 12.2. The molecule has 1 aliphatic rings. The number of fused-ring (bicyclic) bond motifs is 5. The van der Waals surface area contributed by atoms with Crippen LogP contribution < -0.4 is 4.90 Å². The summed E-state index contributed by atoms with van der Waals surface area (Å²) in [5, 5.41) is 2.30. The Labute approximate surface area is 301 Å². The topological polar surface area (TPSA) is 16.4 Å². The molecule has 0 N–H and O–H groups in total. The van der Waals surface area contributed by atoms with Gasteiger partial charge in [0.05, 0.1) is 11.4 Å². The summed E-state index contributed by atoms with van der Waals surface area (Å²) in [7, 11) is 0. The number of hydrogen-bond donors (Lipinski definition) is 0. The molecule has 1 aromatic heterocycles. The number of furan rings is 1. The van der Waals surface area contributed by atoms with Gasteiger partial charge in [0, 0.05) is 31.8 Å². The predicted molar refractivity (Wildman–Crippen MR) is 214 cm³/mol. The average Bonchev–Trinajstić information content (AvgIpc) is 3.59. The van der Waals surface area contributed by atoms with Gasteiger partial charge in [-0.15, -0.1) is 0 Å². The Morgan fingerprint density at radius 1 is 0.373 bits per heavy atom. The summed E-state index contributed by atoms with van der Waals surface area (Å²) in [6, 6.07) is 67.4. The molecule has 10 rings (SSSR count). The van der Waals surface area contributed by atoms with E-state index in [-0.39, 0.29) is 0 Å². The molecule has 0 spiro atoms. The van der Waals surface area contributed by atoms with Crippen molar-refractivity contribution in [1.82, 2.24) is 0 Å². The molecule has 2 nitrogen and oxygen atoms in total. The fourth-order valence-corrected chi connectivity index (χ4v) is 8.42. The normalized spacial score (nSPS) is 12.2. The SMILES string of the molecule is c1ccc(-c2ccc(-c3ccc4c(c3)Sc3ccccc3N4c3ccc(-c4ccc(-c5cccc6c5oc5ccccc56)cc4)cc3)cc2)cc1. The first-order valence-electron chi connectivity index (χ1n) is 17.2. The van der Waals surface area contributed by atoms with Crippen LogP contribution in [0.5, 0.6) is 0 Å². The number of anilines is 3. The molecule has 3 heteroatoms. The molecule has 0 unspecified atom stereocenters. The zero-order valence-corrected chi connectivity index (χ0v) is 28.5. The lowest BCUT2D eigenvalue weighted by molar-refractivity contribution is 0.670. The fraction of sp³-hybridized carbons (Fsp3) is 0. The Kier molecular flexibility index (Phi) is 7.11. The largest absolute Gasteiger partial charge is 0.455 e. The van der Waals surface area contributed by atoms with Crippen LogP contribution >= 0.6 is 11.8 Å². The number of hydrogen-bond acceptors (Lipinski definition) is 3. The summed E-state index contributed by atoms with van der Waals surface area (Å²) in [5.74, 6) is 0. The zero-order valence-electron chi connectivity index (χ0n) is 27.7. The molecular formula is C48H31NOS. The van der Waals surface area contributed by atoms with Gasteiger partial charge in [-0.25, -0.2) is 0 Å². The van der Waals surface area contributed by atoms with Crippen molar-refractivity contribution < 1.29 is 4.42 Å². The molecule has 0 aliphatic carbocycles. The van der Waals surface area contributed by atoms with Gasteiger partial charge in [0.25, 0.3) is 0 Å². The van der Waals surface area contributed by atoms with Gasteiger partial charge in [-0.2, -0.15) is 0 Å². The Morgan fingerprint density at radius 2 is 0.922 bits per heavy atom. The minimum atomic E-state index is 0.920. The molecule has 9 aromatic rings. The number of benzene rings is 8. The maximum absolute atomic E-state index is 6.32. The highest BCUT2D eigenvalue weighted by molar-refractivity contribution is 7.99. The van der Waals surface area contributed by atoms with E-state index in [1.807, 2.05) is 23.9 Å². The molecule has 0 radical (unpaired) electrons. The summed E-state index contributed by atoms with van der Waals surface area (Å²) in [5.41, 5.74) is 14.9. The molecule has 8 aromatic carbocycles. The van der Waals surface area contributed by atoms with Crippen molar-refractivity contribution in [3.8, 4) is 44.5 Å². The van der Waals surface area contributed by atoms with Gasteiger partial charge in [0.15, 0.2) is 0 Å². The van der Waals surface area contributed by atoms with Crippen LogP contribution in [0.15, 0.2) is 202 Å². The van der Waals surface area contributed by atoms with E-state index < -0.39 is 0 Å². The first kappa shape index (κ1) is 29.6. The minimum Gasteiger partial charge on any atom is -0.455 e. The maximum atomic E-state index is 6.32. The molecule has 0 bridgehead atoms. The fourth-order valence-electron chi connectivity index (χ4n) is 7.32. The van der Waals surface area contributed by atoms with Crippen LogP contribution in [0.4, 0.5) is 17.1 Å². The van der Waals surface area contributed by atoms with Crippen LogP contribution in [-0.2, 0) is 0 Å². The standard InChI is InChI=1S/C48H31NOS/c1-2-9-32(10-3-1)33-17-19-36(20-18-33)38-27-30-44-47(31-38)51-46-16-7-5-14-43(46)49(44)39-28-25-35(26-29-39)34-21-23-37(24-22-34)40-12-8-13-42-41-11-4-6-15-45(41)50-48(40)42/h1-31H. The quantitative estimate of drug-likeness (QED) is 0.181. The summed E-state index contributed by atoms with van der Waals surface area (Å²) >= 11 is 1.84. The van der Waals surface area contributed by atoms with Gasteiger partial charge in [-0.1, -0.05) is 157 Å². The van der Waals surface area contributed by atoms with Gasteiger partial charge in [-0.3, -0.25) is 0 Å². The monoisotopic (exact) mass is 669 g/mol. The third kappa shape index (κ3) is 5.22. The third-order valence-corrected chi connectivity index (χ3v) is 11.0. The van der Waals surface area contributed by atoms with E-state index in [0.717, 1.165) is 38.8 Å². The van der Waals surface area contributed by atoms with E-state index in [9.17, 15) is 0 Å². The summed E-state index contributed by atoms with van der Waals surface area (Å²) in [6.45, 7) is 0. The molecule has 0 atom stereocenters. The van der Waals surface area contributed by atoms with Crippen molar-refractivity contribution in [2.75, 3.05) is 4.90 Å². The Morgan fingerprint density at radius 3 is 1.69 bits per heavy atom. The van der Waals surface area contributed by atoms with Gasteiger partial charge >= 0.3 is 0 Å². The number of nitrogens with zero attached hydrogens (tertiary/aromatic N) is 1.